The van der Waals surface area contributed by atoms with Crippen molar-refractivity contribution in [2.75, 3.05) is 27.9 Å². The molecule has 0 fully saturated rings. The van der Waals surface area contributed by atoms with Gasteiger partial charge in [0.25, 0.3) is 11.8 Å². The van der Waals surface area contributed by atoms with Crippen LogP contribution in [0, 0.1) is 11.7 Å². The molecule has 11 heteroatoms. The zero-order valence-corrected chi connectivity index (χ0v) is 23.0. The van der Waals surface area contributed by atoms with Crippen molar-refractivity contribution in [2.24, 2.45) is 11.7 Å². The Morgan fingerprint density at radius 3 is 2.25 bits per heavy atom. The quantitative estimate of drug-likeness (QED) is 0.273. The van der Waals surface area contributed by atoms with Crippen LogP contribution in [0.2, 0.25) is 0 Å². The van der Waals surface area contributed by atoms with E-state index in [9.17, 15) is 18.8 Å². The molecule has 0 radical (unpaired) electrons. The maximum absolute atomic E-state index is 14.4. The minimum absolute atomic E-state index is 0.00906. The molecule has 0 spiro atoms. The Bertz CT molecular complexity index is 1480. The molecule has 4 rings (SSSR count). The van der Waals surface area contributed by atoms with E-state index in [0.717, 1.165) is 0 Å². The molecule has 10 nitrogen and oxygen atoms in total. The average Bonchev–Trinajstić information content (AvgIpc) is 3.41. The number of amides is 2. The molecule has 0 saturated heterocycles. The number of carbonyl (C=O) groups is 3. The van der Waals surface area contributed by atoms with Crippen LogP contribution in [0.25, 0.3) is 22.0 Å². The first-order valence-electron chi connectivity index (χ1n) is 12.7. The van der Waals surface area contributed by atoms with E-state index >= 15 is 0 Å². The fraction of sp³-hybridized carbons (Fsp3) is 0.345. The molecule has 212 valence electrons. The Balaban J connectivity index is 1.79. The number of methoxy groups -OCH3 is 3. The normalized spacial score (nSPS) is 14.1. The number of esters is 1. The Morgan fingerprint density at radius 2 is 1.65 bits per heavy atom. The molecule has 3 N–H and O–H groups in total. The van der Waals surface area contributed by atoms with Crippen LogP contribution in [0.4, 0.5) is 4.39 Å². The second kappa shape index (κ2) is 11.8. The molecule has 0 aliphatic carbocycles. The van der Waals surface area contributed by atoms with Crippen LogP contribution in [0.15, 0.2) is 36.5 Å². The van der Waals surface area contributed by atoms with Crippen molar-refractivity contribution in [1.29, 1.82) is 0 Å². The highest BCUT2D eigenvalue weighted by molar-refractivity contribution is 6.50. The van der Waals surface area contributed by atoms with E-state index in [4.69, 9.17) is 24.7 Å². The summed E-state index contributed by atoms with van der Waals surface area (Å²) in [5.41, 5.74) is 7.32. The Hall–Kier alpha value is -4.38. The lowest BCUT2D eigenvalue weighted by atomic mass is 9.95. The van der Waals surface area contributed by atoms with Gasteiger partial charge >= 0.3 is 5.97 Å². The molecule has 0 bridgehead atoms. The summed E-state index contributed by atoms with van der Waals surface area (Å²) >= 11 is 0. The number of benzene rings is 2. The highest BCUT2D eigenvalue weighted by Crippen LogP contribution is 2.43. The van der Waals surface area contributed by atoms with Gasteiger partial charge in [-0.1, -0.05) is 13.8 Å². The van der Waals surface area contributed by atoms with Gasteiger partial charge in [0.2, 0.25) is 5.75 Å². The van der Waals surface area contributed by atoms with Crippen molar-refractivity contribution in [1.82, 2.24) is 9.88 Å². The summed E-state index contributed by atoms with van der Waals surface area (Å²) in [6.07, 6.45) is 2.13. The minimum Gasteiger partial charge on any atom is -0.493 e. The topological polar surface area (TPSA) is 131 Å². The largest absolute Gasteiger partial charge is 0.493 e. The lowest BCUT2D eigenvalue weighted by Gasteiger charge is -2.14. The van der Waals surface area contributed by atoms with E-state index in [1.165, 1.54) is 33.5 Å². The number of nitrogens with one attached hydrogen (secondary N) is 1. The predicted molar refractivity (Wildman–Crippen MR) is 146 cm³/mol. The van der Waals surface area contributed by atoms with E-state index in [-0.39, 0.29) is 30.2 Å². The average molecular weight is 554 g/mol. The monoisotopic (exact) mass is 553 g/mol. The summed E-state index contributed by atoms with van der Waals surface area (Å²) < 4.78 is 37.8. The number of hydrogen-bond donors (Lipinski definition) is 2. The number of aromatic nitrogens is 1. The maximum Gasteiger partial charge on any atom is 0.322 e. The molecule has 2 amide bonds. The molecule has 1 aliphatic rings. The van der Waals surface area contributed by atoms with Gasteiger partial charge in [-0.05, 0) is 48.2 Å². The molecule has 2 aromatic carbocycles. The van der Waals surface area contributed by atoms with Gasteiger partial charge < -0.3 is 29.2 Å². The number of fused-ring (bicyclic) bond motifs is 1. The van der Waals surface area contributed by atoms with Crippen LogP contribution >= 0.6 is 0 Å². The van der Waals surface area contributed by atoms with Gasteiger partial charge in [-0.2, -0.15) is 0 Å². The maximum atomic E-state index is 14.4. The number of ether oxygens (including phenoxy) is 4. The lowest BCUT2D eigenvalue weighted by Crippen LogP contribution is -2.34. The number of nitrogens with zero attached hydrogens (tertiary/aromatic N) is 1. The fourth-order valence-electron chi connectivity index (χ4n) is 4.82. The summed E-state index contributed by atoms with van der Waals surface area (Å²) in [7, 11) is 4.33. The summed E-state index contributed by atoms with van der Waals surface area (Å²) in [4.78, 5) is 38.5. The van der Waals surface area contributed by atoms with Crippen molar-refractivity contribution in [3.8, 4) is 17.2 Å². The third-order valence-electron chi connectivity index (χ3n) is 6.60. The highest BCUT2D eigenvalue weighted by atomic mass is 19.1. The number of imide groups is 1. The Morgan fingerprint density at radius 1 is 1.00 bits per heavy atom. The first kappa shape index (κ1) is 28.6. The zero-order chi connectivity index (χ0) is 29.1. The van der Waals surface area contributed by atoms with E-state index < -0.39 is 29.6 Å². The van der Waals surface area contributed by atoms with Gasteiger partial charge in [-0.15, -0.1) is 0 Å². The summed E-state index contributed by atoms with van der Waals surface area (Å²) in [5, 5.41) is 2.75. The second-order valence-corrected chi connectivity index (χ2v) is 9.75. The molecule has 1 aliphatic heterocycles. The van der Waals surface area contributed by atoms with Crippen LogP contribution in [0.3, 0.4) is 0 Å². The molecule has 1 atom stereocenters. The van der Waals surface area contributed by atoms with Crippen LogP contribution in [0.1, 0.15) is 31.4 Å². The van der Waals surface area contributed by atoms with Gasteiger partial charge in [-0.25, -0.2) is 4.39 Å². The molecular weight excluding hydrogens is 521 g/mol. The van der Waals surface area contributed by atoms with Crippen molar-refractivity contribution in [3.05, 3.63) is 53.5 Å². The number of halogens is 1. The standard InChI is InChI=1S/C29H32FN3O7/c1-15(2)10-20(31)29(36)40-9-8-33-14-19(18-13-17(30)6-7-21(18)33)25-24(27(34)32-28(25)35)16-11-22(37-3)26(39-5)23(12-16)38-4/h6-7,11-15,20H,8-10,31H2,1-5H3,(H,32,34,35). The molecule has 2 heterocycles. The van der Waals surface area contributed by atoms with Crippen LogP contribution in [-0.4, -0.2) is 56.3 Å². The SMILES string of the molecule is COc1cc(C2=C(c3cn(CCOC(=O)C(N)CC(C)C)c4ccc(F)cc34)C(=O)NC2=O)cc(OC)c1OC. The third kappa shape index (κ3) is 5.50. The van der Waals surface area contributed by atoms with Gasteiger partial charge in [0, 0.05) is 22.7 Å². The van der Waals surface area contributed by atoms with Crippen molar-refractivity contribution < 1.29 is 37.7 Å². The van der Waals surface area contributed by atoms with Gasteiger partial charge in [-0.3, -0.25) is 19.7 Å². The third-order valence-corrected chi connectivity index (χ3v) is 6.60. The number of nitrogens with two attached hydrogens (primary N) is 1. The van der Waals surface area contributed by atoms with Crippen molar-refractivity contribution >= 4 is 39.8 Å². The summed E-state index contributed by atoms with van der Waals surface area (Å²) in [6.45, 7) is 4.15. The minimum atomic E-state index is -0.731. The van der Waals surface area contributed by atoms with Crippen molar-refractivity contribution in [3.63, 3.8) is 0 Å². The molecule has 1 unspecified atom stereocenters. The Labute approximate surface area is 230 Å². The summed E-state index contributed by atoms with van der Waals surface area (Å²) in [6, 6.07) is 6.55. The fourth-order valence-corrected chi connectivity index (χ4v) is 4.82. The smallest absolute Gasteiger partial charge is 0.322 e. The Kier molecular flexibility index (Phi) is 8.43. The number of rotatable bonds is 11. The predicted octanol–water partition coefficient (Wildman–Crippen LogP) is 3.29. The molecule has 0 saturated carbocycles. The van der Waals surface area contributed by atoms with Gasteiger partial charge in [0.1, 0.15) is 18.5 Å². The first-order valence-corrected chi connectivity index (χ1v) is 12.7. The first-order chi connectivity index (χ1) is 19.1. The molecule has 40 heavy (non-hydrogen) atoms. The van der Waals surface area contributed by atoms with Crippen LogP contribution in [0.5, 0.6) is 17.2 Å². The summed E-state index contributed by atoms with van der Waals surface area (Å²) in [5.74, 6) is -1.14. The van der Waals surface area contributed by atoms with E-state index in [0.29, 0.717) is 45.7 Å². The van der Waals surface area contributed by atoms with E-state index in [1.54, 1.807) is 29.0 Å². The molecular formula is C29H32FN3O7. The van der Waals surface area contributed by atoms with Crippen LogP contribution in [-0.2, 0) is 25.7 Å². The number of hydrogen-bond acceptors (Lipinski definition) is 8. The molecule has 3 aromatic rings. The second-order valence-electron chi connectivity index (χ2n) is 9.75. The lowest BCUT2D eigenvalue weighted by molar-refractivity contribution is -0.145. The highest BCUT2D eigenvalue weighted by Gasteiger charge is 2.35. The number of carbonyl (C=O) groups excluding carboxylic acids is 3. The van der Waals surface area contributed by atoms with Gasteiger partial charge in [0.05, 0.1) is 39.0 Å². The molecule has 1 aromatic heterocycles. The van der Waals surface area contributed by atoms with Gasteiger partial charge in [0.15, 0.2) is 11.5 Å². The van der Waals surface area contributed by atoms with Crippen molar-refractivity contribution in [2.45, 2.75) is 32.9 Å². The van der Waals surface area contributed by atoms with E-state index in [1.807, 2.05) is 13.8 Å². The zero-order valence-electron chi connectivity index (χ0n) is 23.0. The van der Waals surface area contributed by atoms with E-state index in [2.05, 4.69) is 5.32 Å². The van der Waals surface area contributed by atoms with Crippen LogP contribution < -0.4 is 25.3 Å².